The Morgan fingerprint density at radius 2 is 1.78 bits per heavy atom. The number of nitrogens with one attached hydrogen (secondary N) is 1. The molecule has 1 aliphatic heterocycles. The third kappa shape index (κ3) is 4.86. The van der Waals surface area contributed by atoms with Gasteiger partial charge in [-0.25, -0.2) is 4.39 Å². The van der Waals surface area contributed by atoms with Gasteiger partial charge in [0.05, 0.1) is 6.54 Å². The van der Waals surface area contributed by atoms with Gasteiger partial charge in [-0.05, 0) is 68.6 Å². The molecule has 1 unspecified atom stereocenters. The maximum Gasteiger partial charge on any atom is 0.238 e. The first kappa shape index (κ1) is 21.2. The van der Waals surface area contributed by atoms with Crippen LogP contribution < -0.4 is 5.32 Å². The van der Waals surface area contributed by atoms with Crippen molar-refractivity contribution in [1.82, 2.24) is 25.0 Å². The number of aromatic nitrogens is 3. The van der Waals surface area contributed by atoms with Crippen LogP contribution in [0.15, 0.2) is 59.8 Å². The second-order valence-corrected chi connectivity index (χ2v) is 9.46. The first-order valence-electron chi connectivity index (χ1n) is 11.1. The van der Waals surface area contributed by atoms with E-state index in [1.807, 2.05) is 34.9 Å². The topological polar surface area (TPSA) is 63.1 Å². The minimum absolute atomic E-state index is 0.0761. The van der Waals surface area contributed by atoms with Crippen LogP contribution in [0.3, 0.4) is 0 Å². The van der Waals surface area contributed by atoms with Crippen LogP contribution in [0.25, 0.3) is 5.69 Å². The van der Waals surface area contributed by atoms with E-state index in [0.29, 0.717) is 5.16 Å². The van der Waals surface area contributed by atoms with E-state index in [-0.39, 0.29) is 17.8 Å². The molecule has 0 bridgehead atoms. The van der Waals surface area contributed by atoms with E-state index >= 15 is 0 Å². The van der Waals surface area contributed by atoms with E-state index in [4.69, 9.17) is 0 Å². The Kier molecular flexibility index (Phi) is 6.23. The van der Waals surface area contributed by atoms with Gasteiger partial charge in [-0.15, -0.1) is 10.2 Å². The van der Waals surface area contributed by atoms with Crippen molar-refractivity contribution in [3.05, 3.63) is 71.8 Å². The van der Waals surface area contributed by atoms with E-state index < -0.39 is 5.25 Å². The van der Waals surface area contributed by atoms with Crippen LogP contribution in [-0.4, -0.2) is 44.7 Å². The van der Waals surface area contributed by atoms with Gasteiger partial charge in [0.1, 0.15) is 11.1 Å². The van der Waals surface area contributed by atoms with Crippen molar-refractivity contribution in [2.45, 2.75) is 48.7 Å². The number of nitrogens with zero attached hydrogens (tertiary/aromatic N) is 4. The molecule has 32 heavy (non-hydrogen) atoms. The largest absolute Gasteiger partial charge is 0.352 e. The molecule has 2 heterocycles. The molecular weight excluding hydrogens is 425 g/mol. The lowest BCUT2D eigenvalue weighted by molar-refractivity contribution is -0.120. The van der Waals surface area contributed by atoms with Crippen LogP contribution in [0, 0.1) is 5.82 Å². The predicted molar refractivity (Wildman–Crippen MR) is 122 cm³/mol. The zero-order chi connectivity index (χ0) is 21.9. The molecule has 166 valence electrons. The lowest BCUT2D eigenvalue weighted by Crippen LogP contribution is -2.30. The second-order valence-electron chi connectivity index (χ2n) is 8.39. The number of carbonyl (C=O) groups excluding carboxylic acids is 1. The maximum atomic E-state index is 13.5. The summed E-state index contributed by atoms with van der Waals surface area (Å²) in [6.07, 6.45) is 4.42. The molecule has 1 N–H and O–H groups in total. The minimum Gasteiger partial charge on any atom is -0.352 e. The molecule has 1 atom stereocenters. The molecule has 6 nitrogen and oxygen atoms in total. The van der Waals surface area contributed by atoms with E-state index in [9.17, 15) is 9.18 Å². The number of amides is 1. The van der Waals surface area contributed by atoms with E-state index in [1.54, 1.807) is 12.1 Å². The quantitative estimate of drug-likeness (QED) is 0.522. The van der Waals surface area contributed by atoms with Gasteiger partial charge in [-0.3, -0.25) is 14.3 Å². The van der Waals surface area contributed by atoms with Crippen molar-refractivity contribution in [2.75, 3.05) is 13.1 Å². The normalized spacial score (nSPS) is 17.4. The minimum atomic E-state index is -0.539. The number of rotatable bonds is 8. The summed E-state index contributed by atoms with van der Waals surface area (Å²) in [6.45, 7) is 2.84. The summed E-state index contributed by atoms with van der Waals surface area (Å²) in [4.78, 5) is 15.5. The predicted octanol–water partition coefficient (Wildman–Crippen LogP) is 4.11. The van der Waals surface area contributed by atoms with Crippen molar-refractivity contribution < 1.29 is 9.18 Å². The fourth-order valence-corrected chi connectivity index (χ4v) is 5.06. The van der Waals surface area contributed by atoms with Gasteiger partial charge < -0.3 is 5.32 Å². The van der Waals surface area contributed by atoms with Crippen molar-refractivity contribution in [2.24, 2.45) is 0 Å². The Morgan fingerprint density at radius 1 is 1.06 bits per heavy atom. The number of para-hydroxylation sites is 1. The standard InChI is InChI=1S/C24H26FN5OS/c25-18-10-8-17(9-11-18)22(23(31)26-19-12-13-19)32-24-28-27-21(16-29-14-4-5-15-29)30(24)20-6-2-1-3-7-20/h1-3,6-11,19,22H,4-5,12-16H2,(H,26,31). The molecule has 1 aromatic heterocycles. The van der Waals surface area contributed by atoms with Crippen molar-refractivity contribution in [3.8, 4) is 5.69 Å². The first-order valence-corrected chi connectivity index (χ1v) is 12.0. The van der Waals surface area contributed by atoms with Gasteiger partial charge in [0.25, 0.3) is 0 Å². The molecule has 3 aromatic rings. The maximum absolute atomic E-state index is 13.5. The Balaban J connectivity index is 1.48. The molecule has 8 heteroatoms. The van der Waals surface area contributed by atoms with Gasteiger partial charge in [0.15, 0.2) is 11.0 Å². The van der Waals surface area contributed by atoms with E-state index in [2.05, 4.69) is 20.4 Å². The van der Waals surface area contributed by atoms with Gasteiger partial charge in [-0.1, -0.05) is 42.1 Å². The van der Waals surface area contributed by atoms with Gasteiger partial charge >= 0.3 is 0 Å². The molecule has 2 aliphatic rings. The average Bonchev–Trinajstić information content (AvgIpc) is 3.31. The SMILES string of the molecule is O=C(NC1CC1)C(Sc1nnc(CN2CCCC2)n1-c1ccccc1)c1ccc(F)cc1. The molecule has 1 amide bonds. The first-order chi connectivity index (χ1) is 15.7. The highest BCUT2D eigenvalue weighted by Gasteiger charge is 2.31. The zero-order valence-corrected chi connectivity index (χ0v) is 18.6. The summed E-state index contributed by atoms with van der Waals surface area (Å²) in [5, 5.41) is 12.2. The smallest absolute Gasteiger partial charge is 0.238 e. The summed E-state index contributed by atoms with van der Waals surface area (Å²) in [7, 11) is 0. The number of carbonyl (C=O) groups is 1. The number of hydrogen-bond acceptors (Lipinski definition) is 5. The van der Waals surface area contributed by atoms with Crippen LogP contribution in [0.2, 0.25) is 0 Å². The zero-order valence-electron chi connectivity index (χ0n) is 17.8. The molecular formula is C24H26FN5OS. The fraction of sp³-hybridized carbons (Fsp3) is 0.375. The van der Waals surface area contributed by atoms with Crippen LogP contribution >= 0.6 is 11.8 Å². The van der Waals surface area contributed by atoms with Gasteiger partial charge in [0.2, 0.25) is 5.91 Å². The molecule has 1 aliphatic carbocycles. The Hall–Kier alpha value is -2.71. The van der Waals surface area contributed by atoms with E-state index in [1.165, 1.54) is 36.7 Å². The average molecular weight is 452 g/mol. The summed E-state index contributed by atoms with van der Waals surface area (Å²) in [6, 6.07) is 16.4. The molecule has 0 spiro atoms. The van der Waals surface area contributed by atoms with Gasteiger partial charge in [0, 0.05) is 11.7 Å². The van der Waals surface area contributed by atoms with Crippen LogP contribution in [0.1, 0.15) is 42.3 Å². The summed E-state index contributed by atoms with van der Waals surface area (Å²) in [5.41, 5.74) is 1.72. The summed E-state index contributed by atoms with van der Waals surface area (Å²) < 4.78 is 15.6. The van der Waals surface area contributed by atoms with E-state index in [0.717, 1.165) is 49.6 Å². The third-order valence-electron chi connectivity index (χ3n) is 5.84. The highest BCUT2D eigenvalue weighted by Crippen LogP contribution is 2.37. The Labute approximate surface area is 191 Å². The highest BCUT2D eigenvalue weighted by atomic mass is 32.2. The number of hydrogen-bond donors (Lipinski definition) is 1. The Bertz CT molecular complexity index is 1060. The van der Waals surface area contributed by atoms with Crippen molar-refractivity contribution >= 4 is 17.7 Å². The lowest BCUT2D eigenvalue weighted by Gasteiger charge is -2.19. The summed E-state index contributed by atoms with van der Waals surface area (Å²) >= 11 is 1.36. The number of halogens is 1. The molecule has 0 radical (unpaired) electrons. The van der Waals surface area contributed by atoms with Crippen molar-refractivity contribution in [1.29, 1.82) is 0 Å². The lowest BCUT2D eigenvalue weighted by atomic mass is 10.1. The molecule has 2 fully saturated rings. The molecule has 1 saturated heterocycles. The van der Waals surface area contributed by atoms with Gasteiger partial charge in [-0.2, -0.15) is 0 Å². The van der Waals surface area contributed by atoms with Crippen LogP contribution in [-0.2, 0) is 11.3 Å². The third-order valence-corrected chi connectivity index (χ3v) is 7.03. The highest BCUT2D eigenvalue weighted by molar-refractivity contribution is 8.00. The van der Waals surface area contributed by atoms with Crippen LogP contribution in [0.5, 0.6) is 0 Å². The second kappa shape index (κ2) is 9.42. The Morgan fingerprint density at radius 3 is 2.47 bits per heavy atom. The molecule has 2 aromatic carbocycles. The molecule has 1 saturated carbocycles. The van der Waals surface area contributed by atoms with Crippen molar-refractivity contribution in [3.63, 3.8) is 0 Å². The number of likely N-dealkylation sites (tertiary alicyclic amines) is 1. The summed E-state index contributed by atoms with van der Waals surface area (Å²) in [5.74, 6) is 0.467. The molecule has 5 rings (SSSR count). The van der Waals surface area contributed by atoms with Crippen LogP contribution in [0.4, 0.5) is 4.39 Å². The monoisotopic (exact) mass is 451 g/mol. The number of benzene rings is 2. The number of thioether (sulfide) groups is 1. The fourth-order valence-electron chi connectivity index (χ4n) is 3.98.